The molecule has 2 rings (SSSR count). The summed E-state index contributed by atoms with van der Waals surface area (Å²) in [5.74, 6) is 0.214. The van der Waals surface area contributed by atoms with Gasteiger partial charge in [-0.3, -0.25) is 4.79 Å². The topological polar surface area (TPSA) is 44.4 Å². The molecular formula is C15H29N3O. The SMILES string of the molecule is CN(C)CCC(=O)NC1CCNC2(CCCCC2)C1. The van der Waals surface area contributed by atoms with Crippen molar-refractivity contribution >= 4 is 5.91 Å². The number of piperidine rings is 1. The van der Waals surface area contributed by atoms with Crippen molar-refractivity contribution in [2.75, 3.05) is 27.2 Å². The predicted molar refractivity (Wildman–Crippen MR) is 78.2 cm³/mol. The Bertz CT molecular complexity index is 292. The maximum absolute atomic E-state index is 11.9. The molecule has 0 aromatic heterocycles. The van der Waals surface area contributed by atoms with Crippen molar-refractivity contribution < 1.29 is 4.79 Å². The third kappa shape index (κ3) is 4.46. The van der Waals surface area contributed by atoms with Crippen molar-refractivity contribution in [3.8, 4) is 0 Å². The number of amides is 1. The lowest BCUT2D eigenvalue weighted by Crippen LogP contribution is -2.57. The average molecular weight is 267 g/mol. The van der Waals surface area contributed by atoms with Crippen LogP contribution in [0.5, 0.6) is 0 Å². The van der Waals surface area contributed by atoms with Gasteiger partial charge in [-0.2, -0.15) is 0 Å². The summed E-state index contributed by atoms with van der Waals surface area (Å²) < 4.78 is 0. The molecule has 1 aliphatic heterocycles. The molecule has 1 saturated heterocycles. The normalized spacial score (nSPS) is 26.6. The van der Waals surface area contributed by atoms with Crippen LogP contribution in [0, 0.1) is 0 Å². The van der Waals surface area contributed by atoms with Crippen molar-refractivity contribution in [1.29, 1.82) is 0 Å². The largest absolute Gasteiger partial charge is 0.353 e. The molecule has 1 spiro atoms. The summed E-state index contributed by atoms with van der Waals surface area (Å²) in [4.78, 5) is 14.0. The lowest BCUT2D eigenvalue weighted by atomic mass is 9.75. The Kier molecular flexibility index (Phi) is 5.22. The molecular weight excluding hydrogens is 238 g/mol. The molecule has 1 unspecified atom stereocenters. The molecule has 1 aliphatic carbocycles. The van der Waals surface area contributed by atoms with Crippen LogP contribution in [0.3, 0.4) is 0 Å². The first-order chi connectivity index (χ1) is 9.10. The van der Waals surface area contributed by atoms with E-state index in [1.807, 2.05) is 14.1 Å². The summed E-state index contributed by atoms with van der Waals surface area (Å²) in [6, 6.07) is 0.383. The zero-order chi connectivity index (χ0) is 13.7. The highest BCUT2D eigenvalue weighted by atomic mass is 16.1. The van der Waals surface area contributed by atoms with Crippen LogP contribution in [0.15, 0.2) is 0 Å². The summed E-state index contributed by atoms with van der Waals surface area (Å²) in [6.45, 7) is 1.89. The fourth-order valence-electron chi connectivity index (χ4n) is 3.52. The molecule has 1 atom stereocenters. The Hall–Kier alpha value is -0.610. The van der Waals surface area contributed by atoms with Gasteiger partial charge in [-0.25, -0.2) is 0 Å². The van der Waals surface area contributed by atoms with Gasteiger partial charge in [0.2, 0.25) is 5.91 Å². The molecule has 1 saturated carbocycles. The fourth-order valence-corrected chi connectivity index (χ4v) is 3.52. The first kappa shape index (κ1) is 14.8. The van der Waals surface area contributed by atoms with Crippen molar-refractivity contribution in [3.63, 3.8) is 0 Å². The molecule has 2 fully saturated rings. The number of carbonyl (C=O) groups is 1. The van der Waals surface area contributed by atoms with Crippen LogP contribution in [-0.4, -0.2) is 49.6 Å². The van der Waals surface area contributed by atoms with Crippen LogP contribution >= 0.6 is 0 Å². The van der Waals surface area contributed by atoms with Crippen LogP contribution in [0.25, 0.3) is 0 Å². The first-order valence-electron chi connectivity index (χ1n) is 7.79. The van der Waals surface area contributed by atoms with Crippen molar-refractivity contribution in [2.45, 2.75) is 62.9 Å². The van der Waals surface area contributed by atoms with E-state index < -0.39 is 0 Å². The van der Waals surface area contributed by atoms with E-state index in [4.69, 9.17) is 0 Å². The van der Waals surface area contributed by atoms with E-state index in [1.165, 1.54) is 32.1 Å². The molecule has 1 heterocycles. The summed E-state index contributed by atoms with van der Waals surface area (Å²) in [6.07, 6.45) is 9.46. The van der Waals surface area contributed by atoms with E-state index in [1.54, 1.807) is 0 Å². The Morgan fingerprint density at radius 1 is 1.32 bits per heavy atom. The quantitative estimate of drug-likeness (QED) is 0.811. The van der Waals surface area contributed by atoms with Gasteiger partial charge in [-0.15, -0.1) is 0 Å². The maximum Gasteiger partial charge on any atom is 0.221 e. The molecule has 19 heavy (non-hydrogen) atoms. The minimum atomic E-state index is 0.214. The monoisotopic (exact) mass is 267 g/mol. The lowest BCUT2D eigenvalue weighted by molar-refractivity contribution is -0.122. The van der Waals surface area contributed by atoms with Crippen molar-refractivity contribution in [1.82, 2.24) is 15.5 Å². The average Bonchev–Trinajstić information content (AvgIpc) is 2.37. The van der Waals surface area contributed by atoms with Crippen LogP contribution in [-0.2, 0) is 4.79 Å². The molecule has 110 valence electrons. The third-order valence-corrected chi connectivity index (χ3v) is 4.59. The second kappa shape index (κ2) is 6.71. The predicted octanol–water partition coefficient (Wildman–Crippen LogP) is 1.51. The van der Waals surface area contributed by atoms with E-state index >= 15 is 0 Å². The van der Waals surface area contributed by atoms with Gasteiger partial charge in [0.15, 0.2) is 0 Å². The Labute approximate surface area is 117 Å². The van der Waals surface area contributed by atoms with Crippen LogP contribution in [0.4, 0.5) is 0 Å². The van der Waals surface area contributed by atoms with E-state index in [-0.39, 0.29) is 5.91 Å². The number of nitrogens with zero attached hydrogens (tertiary/aromatic N) is 1. The highest BCUT2D eigenvalue weighted by Gasteiger charge is 2.37. The Morgan fingerprint density at radius 3 is 2.74 bits per heavy atom. The third-order valence-electron chi connectivity index (χ3n) is 4.59. The van der Waals surface area contributed by atoms with Gasteiger partial charge < -0.3 is 15.5 Å². The smallest absolute Gasteiger partial charge is 0.221 e. The molecule has 4 nitrogen and oxygen atoms in total. The number of carbonyl (C=O) groups excluding carboxylic acids is 1. The van der Waals surface area contributed by atoms with Gasteiger partial charge in [-0.1, -0.05) is 19.3 Å². The minimum Gasteiger partial charge on any atom is -0.353 e. The molecule has 0 aromatic rings. The van der Waals surface area contributed by atoms with Gasteiger partial charge in [0.05, 0.1) is 0 Å². The summed E-state index contributed by atoms with van der Waals surface area (Å²) in [7, 11) is 4.02. The molecule has 4 heteroatoms. The Balaban J connectivity index is 1.79. The highest BCUT2D eigenvalue weighted by molar-refractivity contribution is 5.76. The molecule has 2 N–H and O–H groups in total. The van der Waals surface area contributed by atoms with Crippen LogP contribution in [0.2, 0.25) is 0 Å². The molecule has 1 amide bonds. The van der Waals surface area contributed by atoms with Gasteiger partial charge in [0.25, 0.3) is 0 Å². The van der Waals surface area contributed by atoms with Gasteiger partial charge in [0, 0.05) is 24.5 Å². The lowest BCUT2D eigenvalue weighted by Gasteiger charge is -2.44. The molecule has 0 bridgehead atoms. The molecule has 0 aromatic carbocycles. The summed E-state index contributed by atoms with van der Waals surface area (Å²) in [5, 5.41) is 6.97. The van der Waals surface area contributed by atoms with E-state index in [0.717, 1.165) is 25.9 Å². The van der Waals surface area contributed by atoms with Crippen molar-refractivity contribution in [3.05, 3.63) is 0 Å². The standard InChI is InChI=1S/C15H29N3O/c1-18(2)11-7-14(19)17-13-6-10-16-15(12-13)8-4-3-5-9-15/h13,16H,3-12H2,1-2H3,(H,17,19). The minimum absolute atomic E-state index is 0.214. The fraction of sp³-hybridized carbons (Fsp3) is 0.933. The zero-order valence-corrected chi connectivity index (χ0v) is 12.5. The van der Waals surface area contributed by atoms with Gasteiger partial charge in [-0.05, 0) is 46.3 Å². The van der Waals surface area contributed by atoms with Gasteiger partial charge >= 0.3 is 0 Å². The summed E-state index contributed by atoms with van der Waals surface area (Å²) in [5.41, 5.74) is 0.329. The molecule has 2 aliphatic rings. The first-order valence-corrected chi connectivity index (χ1v) is 7.79. The van der Waals surface area contributed by atoms with E-state index in [0.29, 0.717) is 18.0 Å². The van der Waals surface area contributed by atoms with E-state index in [9.17, 15) is 4.79 Å². The number of nitrogens with one attached hydrogen (secondary N) is 2. The number of hydrogen-bond acceptors (Lipinski definition) is 3. The highest BCUT2D eigenvalue weighted by Crippen LogP contribution is 2.34. The second-order valence-electron chi connectivity index (χ2n) is 6.58. The number of hydrogen-bond donors (Lipinski definition) is 2. The van der Waals surface area contributed by atoms with E-state index in [2.05, 4.69) is 15.5 Å². The Morgan fingerprint density at radius 2 is 2.05 bits per heavy atom. The van der Waals surface area contributed by atoms with Crippen LogP contribution in [0.1, 0.15) is 51.4 Å². The van der Waals surface area contributed by atoms with Crippen molar-refractivity contribution in [2.24, 2.45) is 0 Å². The number of rotatable bonds is 4. The van der Waals surface area contributed by atoms with Gasteiger partial charge in [0.1, 0.15) is 0 Å². The molecule has 0 radical (unpaired) electrons. The zero-order valence-electron chi connectivity index (χ0n) is 12.5. The second-order valence-corrected chi connectivity index (χ2v) is 6.58. The van der Waals surface area contributed by atoms with Crippen LogP contribution < -0.4 is 10.6 Å². The maximum atomic E-state index is 11.9. The summed E-state index contributed by atoms with van der Waals surface area (Å²) >= 11 is 0.